The highest BCUT2D eigenvalue weighted by Crippen LogP contribution is 2.27. The zero-order valence-electron chi connectivity index (χ0n) is 10.3. The molecule has 0 spiro atoms. The number of nitrogens with one attached hydrogen (secondary N) is 2. The molecule has 1 saturated heterocycles. The predicted molar refractivity (Wildman–Crippen MR) is 65.2 cm³/mol. The van der Waals surface area contributed by atoms with Gasteiger partial charge in [-0.1, -0.05) is 19.8 Å². The molecule has 0 aromatic carbocycles. The van der Waals surface area contributed by atoms with Gasteiger partial charge in [-0.15, -0.1) is 0 Å². The summed E-state index contributed by atoms with van der Waals surface area (Å²) in [6.45, 7) is 4.33. The fourth-order valence-corrected chi connectivity index (χ4v) is 2.77. The van der Waals surface area contributed by atoms with Gasteiger partial charge in [0.05, 0.1) is 0 Å². The summed E-state index contributed by atoms with van der Waals surface area (Å²) < 4.78 is 0. The zero-order chi connectivity index (χ0) is 11.4. The van der Waals surface area contributed by atoms with Crippen molar-refractivity contribution >= 4 is 5.91 Å². The summed E-state index contributed by atoms with van der Waals surface area (Å²) in [5, 5.41) is 6.54. The van der Waals surface area contributed by atoms with Gasteiger partial charge in [-0.3, -0.25) is 4.79 Å². The summed E-state index contributed by atoms with van der Waals surface area (Å²) in [5.41, 5.74) is 0. The van der Waals surface area contributed by atoms with Crippen LogP contribution in [-0.4, -0.2) is 25.0 Å². The third-order valence-corrected chi connectivity index (χ3v) is 4.10. The van der Waals surface area contributed by atoms with E-state index in [0.717, 1.165) is 31.3 Å². The first-order valence-corrected chi connectivity index (χ1v) is 6.74. The molecule has 2 N–H and O–H groups in total. The van der Waals surface area contributed by atoms with E-state index >= 15 is 0 Å². The normalized spacial score (nSPS) is 35.8. The number of carbonyl (C=O) groups is 1. The third-order valence-electron chi connectivity index (χ3n) is 4.10. The van der Waals surface area contributed by atoms with E-state index in [1.165, 1.54) is 25.7 Å². The van der Waals surface area contributed by atoms with Crippen molar-refractivity contribution in [3.8, 4) is 0 Å². The first-order valence-electron chi connectivity index (χ1n) is 6.74. The van der Waals surface area contributed by atoms with Gasteiger partial charge in [0.15, 0.2) is 0 Å². The molecule has 2 aliphatic rings. The van der Waals surface area contributed by atoms with E-state index in [1.54, 1.807) is 0 Å². The Kier molecular flexibility index (Phi) is 4.22. The molecule has 16 heavy (non-hydrogen) atoms. The molecule has 0 bridgehead atoms. The van der Waals surface area contributed by atoms with E-state index in [4.69, 9.17) is 0 Å². The Balaban J connectivity index is 1.62. The first-order chi connectivity index (χ1) is 7.74. The second-order valence-corrected chi connectivity index (χ2v) is 5.57. The lowest BCUT2D eigenvalue weighted by Gasteiger charge is -2.29. The fraction of sp³-hybridized carbons (Fsp3) is 0.923. The number of hydrogen-bond acceptors (Lipinski definition) is 2. The molecule has 1 aliphatic heterocycles. The maximum absolute atomic E-state index is 11.0. The molecule has 3 heteroatoms. The summed E-state index contributed by atoms with van der Waals surface area (Å²) >= 11 is 0. The Morgan fingerprint density at radius 1 is 1.25 bits per heavy atom. The van der Waals surface area contributed by atoms with E-state index in [1.807, 2.05) is 0 Å². The van der Waals surface area contributed by atoms with E-state index < -0.39 is 0 Å². The molecule has 2 rings (SSSR count). The SMILES string of the molecule is CC1CCC(CNC2CCC(=O)NC2)CC1. The van der Waals surface area contributed by atoms with Gasteiger partial charge in [0.2, 0.25) is 5.91 Å². The van der Waals surface area contributed by atoms with Gasteiger partial charge >= 0.3 is 0 Å². The molecule has 1 saturated carbocycles. The highest BCUT2D eigenvalue weighted by molar-refractivity contribution is 5.76. The first kappa shape index (κ1) is 11.9. The number of rotatable bonds is 3. The average molecular weight is 224 g/mol. The lowest BCUT2D eigenvalue weighted by atomic mass is 9.83. The van der Waals surface area contributed by atoms with Crippen LogP contribution in [0.15, 0.2) is 0 Å². The van der Waals surface area contributed by atoms with E-state index in [0.29, 0.717) is 12.5 Å². The summed E-state index contributed by atoms with van der Waals surface area (Å²) in [6.07, 6.45) is 7.26. The van der Waals surface area contributed by atoms with Crippen molar-refractivity contribution < 1.29 is 4.79 Å². The molecular weight excluding hydrogens is 200 g/mol. The van der Waals surface area contributed by atoms with Crippen LogP contribution in [0, 0.1) is 11.8 Å². The van der Waals surface area contributed by atoms with E-state index in [2.05, 4.69) is 17.6 Å². The number of carbonyl (C=O) groups excluding carboxylic acids is 1. The molecule has 1 heterocycles. The number of amides is 1. The molecule has 2 fully saturated rings. The highest BCUT2D eigenvalue weighted by Gasteiger charge is 2.21. The highest BCUT2D eigenvalue weighted by atomic mass is 16.1. The molecule has 3 nitrogen and oxygen atoms in total. The fourth-order valence-electron chi connectivity index (χ4n) is 2.77. The molecule has 92 valence electrons. The minimum atomic E-state index is 0.213. The van der Waals surface area contributed by atoms with Gasteiger partial charge in [0.1, 0.15) is 0 Å². The van der Waals surface area contributed by atoms with Gasteiger partial charge in [-0.2, -0.15) is 0 Å². The Labute approximate surface area is 98.4 Å². The van der Waals surface area contributed by atoms with E-state index in [9.17, 15) is 4.79 Å². The van der Waals surface area contributed by atoms with Crippen LogP contribution >= 0.6 is 0 Å². The van der Waals surface area contributed by atoms with Crippen molar-refractivity contribution in [3.05, 3.63) is 0 Å². The maximum Gasteiger partial charge on any atom is 0.220 e. The standard InChI is InChI=1S/C13H24N2O/c1-10-2-4-11(5-3-10)8-14-12-6-7-13(16)15-9-12/h10-12,14H,2-9H2,1H3,(H,15,16). The molecule has 1 unspecified atom stereocenters. The van der Waals surface area contributed by atoms with Crippen molar-refractivity contribution in [2.45, 2.75) is 51.5 Å². The van der Waals surface area contributed by atoms with Crippen molar-refractivity contribution in [3.63, 3.8) is 0 Å². The van der Waals surface area contributed by atoms with Crippen LogP contribution in [0.25, 0.3) is 0 Å². The number of hydrogen-bond donors (Lipinski definition) is 2. The summed E-state index contributed by atoms with van der Waals surface area (Å²) in [7, 11) is 0. The predicted octanol–water partition coefficient (Wildman–Crippen LogP) is 1.68. The van der Waals surface area contributed by atoms with Gasteiger partial charge in [0, 0.05) is 19.0 Å². The number of piperidine rings is 1. The largest absolute Gasteiger partial charge is 0.355 e. The van der Waals surface area contributed by atoms with Crippen LogP contribution in [0.5, 0.6) is 0 Å². The smallest absolute Gasteiger partial charge is 0.220 e. The van der Waals surface area contributed by atoms with Crippen LogP contribution in [0.1, 0.15) is 45.4 Å². The quantitative estimate of drug-likeness (QED) is 0.766. The second-order valence-electron chi connectivity index (χ2n) is 5.57. The van der Waals surface area contributed by atoms with Crippen LogP contribution in [0.2, 0.25) is 0 Å². The molecule has 0 aromatic rings. The molecule has 1 atom stereocenters. The Morgan fingerprint density at radius 3 is 2.62 bits per heavy atom. The minimum absolute atomic E-state index is 0.213. The van der Waals surface area contributed by atoms with Crippen molar-refractivity contribution in [1.82, 2.24) is 10.6 Å². The van der Waals surface area contributed by atoms with Crippen molar-refractivity contribution in [2.24, 2.45) is 11.8 Å². The van der Waals surface area contributed by atoms with Crippen molar-refractivity contribution in [2.75, 3.05) is 13.1 Å². The van der Waals surface area contributed by atoms with Crippen LogP contribution < -0.4 is 10.6 Å². The van der Waals surface area contributed by atoms with E-state index in [-0.39, 0.29) is 5.91 Å². The molecule has 1 amide bonds. The monoisotopic (exact) mass is 224 g/mol. The van der Waals surface area contributed by atoms with Gasteiger partial charge in [-0.25, -0.2) is 0 Å². The van der Waals surface area contributed by atoms with Crippen LogP contribution in [0.4, 0.5) is 0 Å². The topological polar surface area (TPSA) is 41.1 Å². The zero-order valence-corrected chi connectivity index (χ0v) is 10.3. The minimum Gasteiger partial charge on any atom is -0.355 e. The molecule has 0 aromatic heterocycles. The maximum atomic E-state index is 11.0. The van der Waals surface area contributed by atoms with Crippen LogP contribution in [-0.2, 0) is 4.79 Å². The second kappa shape index (κ2) is 5.67. The molecular formula is C13H24N2O. The van der Waals surface area contributed by atoms with Gasteiger partial charge in [0.25, 0.3) is 0 Å². The van der Waals surface area contributed by atoms with Gasteiger partial charge in [-0.05, 0) is 37.6 Å². The summed E-state index contributed by atoms with van der Waals surface area (Å²) in [5.74, 6) is 2.02. The van der Waals surface area contributed by atoms with Crippen molar-refractivity contribution in [1.29, 1.82) is 0 Å². The Morgan fingerprint density at radius 2 is 2.00 bits per heavy atom. The Bertz CT molecular complexity index is 224. The molecule has 0 radical (unpaired) electrons. The summed E-state index contributed by atoms with van der Waals surface area (Å²) in [6, 6.07) is 0.511. The van der Waals surface area contributed by atoms with Gasteiger partial charge < -0.3 is 10.6 Å². The average Bonchev–Trinajstić information content (AvgIpc) is 2.30. The Hall–Kier alpha value is -0.570. The lowest BCUT2D eigenvalue weighted by molar-refractivity contribution is -0.122. The van der Waals surface area contributed by atoms with Crippen LogP contribution in [0.3, 0.4) is 0 Å². The lowest BCUT2D eigenvalue weighted by Crippen LogP contribution is -2.47. The molecule has 1 aliphatic carbocycles. The third kappa shape index (κ3) is 3.48. The summed E-state index contributed by atoms with van der Waals surface area (Å²) in [4.78, 5) is 11.0.